The van der Waals surface area contributed by atoms with Gasteiger partial charge in [0.2, 0.25) is 0 Å². The first kappa shape index (κ1) is 8.44. The molecular weight excluding hydrogens is 158 g/mol. The summed E-state index contributed by atoms with van der Waals surface area (Å²) in [6.45, 7) is 0. The Balaban J connectivity index is 2.01. The molecule has 0 aliphatic carbocycles. The topological polar surface area (TPSA) is 30.9 Å². The highest BCUT2D eigenvalue weighted by molar-refractivity contribution is 4.67. The Labute approximate surface area is 72.3 Å². The molecule has 2 fully saturated rings. The second-order valence-electron chi connectivity index (χ2n) is 3.28. The third-order valence-corrected chi connectivity index (χ3v) is 2.46. The number of hydrogen-bond donors (Lipinski definition) is 0. The molecule has 0 aromatic carbocycles. The second-order valence-corrected chi connectivity index (χ2v) is 3.28. The predicted octanol–water partition coefficient (Wildman–Crippen LogP) is 1.43. The maximum Gasteiger partial charge on any atom is 0.171 e. The van der Waals surface area contributed by atoms with Crippen LogP contribution in [0.5, 0.6) is 0 Å². The maximum absolute atomic E-state index is 5.20. The summed E-state index contributed by atoms with van der Waals surface area (Å²) >= 11 is 0. The van der Waals surface area contributed by atoms with Crippen molar-refractivity contribution in [2.45, 2.75) is 44.6 Å². The van der Waals surface area contributed by atoms with Crippen molar-refractivity contribution in [3.05, 3.63) is 0 Å². The van der Waals surface area contributed by atoms with Crippen molar-refractivity contribution in [3.63, 3.8) is 0 Å². The van der Waals surface area contributed by atoms with E-state index < -0.39 is 0 Å². The average Bonchev–Trinajstić information content (AvgIpc) is 2.46. The van der Waals surface area contributed by atoms with Gasteiger partial charge in [-0.1, -0.05) is 6.42 Å². The van der Waals surface area contributed by atoms with Crippen LogP contribution in [0.15, 0.2) is 0 Å². The van der Waals surface area contributed by atoms with Crippen molar-refractivity contribution in [2.24, 2.45) is 0 Å². The normalized spacial score (nSPS) is 37.8. The van der Waals surface area contributed by atoms with Gasteiger partial charge < -0.3 is 0 Å². The van der Waals surface area contributed by atoms with Gasteiger partial charge in [0.05, 0.1) is 7.11 Å². The van der Waals surface area contributed by atoms with Crippen LogP contribution >= 0.6 is 0 Å². The van der Waals surface area contributed by atoms with Crippen LogP contribution < -0.4 is 0 Å². The van der Waals surface area contributed by atoms with Gasteiger partial charge in [-0.2, -0.15) is 0 Å². The van der Waals surface area contributed by atoms with Crippen molar-refractivity contribution in [1.82, 2.24) is 5.06 Å². The molecule has 2 unspecified atom stereocenters. The molecule has 2 rings (SSSR count). The van der Waals surface area contributed by atoms with Crippen molar-refractivity contribution in [2.75, 3.05) is 7.11 Å². The first-order valence-corrected chi connectivity index (χ1v) is 4.56. The molecule has 4 heteroatoms. The van der Waals surface area contributed by atoms with Crippen molar-refractivity contribution >= 4 is 0 Å². The van der Waals surface area contributed by atoms with E-state index in [9.17, 15) is 0 Å². The van der Waals surface area contributed by atoms with E-state index >= 15 is 0 Å². The van der Waals surface area contributed by atoms with Crippen molar-refractivity contribution in [1.29, 1.82) is 0 Å². The molecule has 0 radical (unpaired) electrons. The van der Waals surface area contributed by atoms with Crippen molar-refractivity contribution < 1.29 is 14.6 Å². The van der Waals surface area contributed by atoms with E-state index in [4.69, 9.17) is 14.6 Å². The minimum atomic E-state index is 0.0142. The molecule has 2 aliphatic heterocycles. The SMILES string of the molecule is CON1C2CCCCCC1OO2. The van der Waals surface area contributed by atoms with Gasteiger partial charge in [-0.05, 0) is 25.7 Å². The fourth-order valence-electron chi connectivity index (χ4n) is 1.80. The van der Waals surface area contributed by atoms with E-state index in [0.29, 0.717) is 0 Å². The van der Waals surface area contributed by atoms with Crippen LogP contribution in [0.2, 0.25) is 0 Å². The lowest BCUT2D eigenvalue weighted by Gasteiger charge is -2.24. The monoisotopic (exact) mass is 173 g/mol. The first-order chi connectivity index (χ1) is 5.92. The minimum Gasteiger partial charge on any atom is -0.297 e. The predicted molar refractivity (Wildman–Crippen MR) is 41.7 cm³/mol. The molecule has 12 heavy (non-hydrogen) atoms. The van der Waals surface area contributed by atoms with Gasteiger partial charge in [0.25, 0.3) is 0 Å². The van der Waals surface area contributed by atoms with Gasteiger partial charge in [0.15, 0.2) is 12.5 Å². The number of hydrogen-bond acceptors (Lipinski definition) is 4. The van der Waals surface area contributed by atoms with Crippen LogP contribution in [0, 0.1) is 0 Å². The standard InChI is InChI=1S/C8H15NO3/c1-10-9-7-5-3-2-4-6-8(9)12-11-7/h7-8H,2-6H2,1H3. The summed E-state index contributed by atoms with van der Waals surface area (Å²) in [6, 6.07) is 0. The summed E-state index contributed by atoms with van der Waals surface area (Å²) in [5.74, 6) is 0. The van der Waals surface area contributed by atoms with Crippen molar-refractivity contribution in [3.8, 4) is 0 Å². The first-order valence-electron chi connectivity index (χ1n) is 4.56. The number of rotatable bonds is 1. The van der Waals surface area contributed by atoms with Gasteiger partial charge in [-0.15, -0.1) is 5.06 Å². The molecule has 70 valence electrons. The summed E-state index contributed by atoms with van der Waals surface area (Å²) in [6.07, 6.45) is 5.70. The molecule has 2 heterocycles. The molecule has 2 atom stereocenters. The number of hydroxylamine groups is 2. The third-order valence-electron chi connectivity index (χ3n) is 2.46. The summed E-state index contributed by atoms with van der Waals surface area (Å²) in [7, 11) is 1.67. The van der Waals surface area contributed by atoms with Crippen LogP contribution in [-0.2, 0) is 14.6 Å². The smallest absolute Gasteiger partial charge is 0.171 e. The zero-order valence-corrected chi connectivity index (χ0v) is 7.36. The summed E-state index contributed by atoms with van der Waals surface area (Å²) in [4.78, 5) is 15.5. The lowest BCUT2D eigenvalue weighted by Crippen LogP contribution is -2.36. The molecular formula is C8H15NO3. The van der Waals surface area contributed by atoms with E-state index in [0.717, 1.165) is 12.8 Å². The third kappa shape index (κ3) is 1.47. The summed E-state index contributed by atoms with van der Waals surface area (Å²) in [5.41, 5.74) is 0. The molecule has 0 aromatic heterocycles. The molecule has 0 aromatic rings. The Morgan fingerprint density at radius 2 is 1.67 bits per heavy atom. The van der Waals surface area contributed by atoms with E-state index in [1.54, 1.807) is 7.11 Å². The Morgan fingerprint density at radius 3 is 2.17 bits per heavy atom. The maximum atomic E-state index is 5.20. The lowest BCUT2D eigenvalue weighted by atomic mass is 10.1. The fourth-order valence-corrected chi connectivity index (χ4v) is 1.80. The highest BCUT2D eigenvalue weighted by atomic mass is 17.2. The second kappa shape index (κ2) is 3.70. The van der Waals surface area contributed by atoms with Crippen LogP contribution in [0.25, 0.3) is 0 Å². The highest BCUT2D eigenvalue weighted by Gasteiger charge is 2.37. The van der Waals surface area contributed by atoms with Crippen LogP contribution in [0.1, 0.15) is 32.1 Å². The van der Waals surface area contributed by atoms with Crippen LogP contribution in [-0.4, -0.2) is 24.6 Å². The van der Waals surface area contributed by atoms with Gasteiger partial charge >= 0.3 is 0 Å². The molecule has 0 spiro atoms. The van der Waals surface area contributed by atoms with E-state index in [1.807, 2.05) is 5.06 Å². The average molecular weight is 173 g/mol. The molecule has 0 amide bonds. The zero-order valence-electron chi connectivity index (χ0n) is 7.36. The van der Waals surface area contributed by atoms with Gasteiger partial charge in [-0.3, -0.25) is 4.84 Å². The summed E-state index contributed by atoms with van der Waals surface area (Å²) < 4.78 is 0. The van der Waals surface area contributed by atoms with Crippen LogP contribution in [0.4, 0.5) is 0 Å². The van der Waals surface area contributed by atoms with E-state index in [-0.39, 0.29) is 12.5 Å². The van der Waals surface area contributed by atoms with Gasteiger partial charge in [0, 0.05) is 0 Å². The minimum absolute atomic E-state index is 0.0142. The largest absolute Gasteiger partial charge is 0.297 e. The quantitative estimate of drug-likeness (QED) is 0.561. The molecule has 0 saturated carbocycles. The molecule has 4 nitrogen and oxygen atoms in total. The fraction of sp³-hybridized carbons (Fsp3) is 1.00. The molecule has 2 aliphatic rings. The van der Waals surface area contributed by atoms with Gasteiger partial charge in [-0.25, -0.2) is 9.78 Å². The summed E-state index contributed by atoms with van der Waals surface area (Å²) in [5, 5.41) is 1.82. The Hall–Kier alpha value is -0.160. The highest BCUT2D eigenvalue weighted by Crippen LogP contribution is 2.28. The molecule has 2 saturated heterocycles. The van der Waals surface area contributed by atoms with Gasteiger partial charge in [0.1, 0.15) is 0 Å². The molecule has 0 N–H and O–H groups in total. The number of nitrogens with zero attached hydrogens (tertiary/aromatic N) is 1. The molecule has 2 bridgehead atoms. The Bertz CT molecular complexity index is 139. The van der Waals surface area contributed by atoms with E-state index in [1.165, 1.54) is 19.3 Å². The lowest BCUT2D eigenvalue weighted by molar-refractivity contribution is -0.296. The van der Waals surface area contributed by atoms with Crippen LogP contribution in [0.3, 0.4) is 0 Å². The Kier molecular flexibility index (Phi) is 2.60. The van der Waals surface area contributed by atoms with E-state index in [2.05, 4.69) is 0 Å². The number of fused-ring (bicyclic) bond motifs is 2. The Morgan fingerprint density at radius 1 is 1.08 bits per heavy atom. The zero-order chi connectivity index (χ0) is 8.39.